The molecule has 0 spiro atoms. The Hall–Kier alpha value is -1.47. The number of carbonyl (C=O) groups is 1. The predicted octanol–water partition coefficient (Wildman–Crippen LogP) is 1.01. The van der Waals surface area contributed by atoms with E-state index in [1.807, 2.05) is 0 Å². The lowest BCUT2D eigenvalue weighted by molar-refractivity contribution is -0.121. The molecule has 1 aromatic heterocycles. The van der Waals surface area contributed by atoms with Gasteiger partial charge >= 0.3 is 0 Å². The molecule has 0 aliphatic heterocycles. The van der Waals surface area contributed by atoms with E-state index in [1.165, 1.54) is 25.5 Å². The van der Waals surface area contributed by atoms with Gasteiger partial charge in [-0.25, -0.2) is 8.42 Å². The quantitative estimate of drug-likeness (QED) is 0.727. The molecule has 1 heterocycles. The number of likely N-dealkylation sites (N-methyl/N-ethyl adjacent to an activating group) is 1. The van der Waals surface area contributed by atoms with E-state index >= 15 is 0 Å². The average Bonchev–Trinajstić information content (AvgIpc) is 2.44. The van der Waals surface area contributed by atoms with E-state index in [1.54, 1.807) is 6.07 Å². The van der Waals surface area contributed by atoms with Crippen LogP contribution in [-0.4, -0.2) is 43.8 Å². The second-order valence-electron chi connectivity index (χ2n) is 4.51. The monoisotopic (exact) mass is 299 g/mol. The Morgan fingerprint density at radius 2 is 2.15 bits per heavy atom. The number of unbranched alkanes of at least 4 members (excludes halogenated alkanes) is 2. The van der Waals surface area contributed by atoms with Crippen molar-refractivity contribution >= 4 is 15.9 Å². The Kier molecular flexibility index (Phi) is 6.60. The fourth-order valence-corrected chi connectivity index (χ4v) is 2.72. The van der Waals surface area contributed by atoms with Crippen LogP contribution in [0, 0.1) is 0 Å². The second-order valence-corrected chi connectivity index (χ2v) is 6.55. The third-order valence-corrected chi connectivity index (χ3v) is 4.60. The summed E-state index contributed by atoms with van der Waals surface area (Å²) in [5, 5.41) is 2.71. The Morgan fingerprint density at radius 1 is 1.40 bits per heavy atom. The fraction of sp³-hybridized carbons (Fsp3) is 0.538. The summed E-state index contributed by atoms with van der Waals surface area (Å²) in [5.74, 6) is -0.295. The number of amides is 1. The van der Waals surface area contributed by atoms with E-state index in [2.05, 4.69) is 17.2 Å². The Labute approximate surface area is 120 Å². The van der Waals surface area contributed by atoms with Gasteiger partial charge in [-0.05, 0) is 18.6 Å². The molecule has 0 aromatic carbocycles. The number of pyridine rings is 1. The van der Waals surface area contributed by atoms with Crippen molar-refractivity contribution in [1.29, 1.82) is 0 Å². The highest BCUT2D eigenvalue weighted by molar-refractivity contribution is 7.89. The molecule has 0 atom stereocenters. The molecule has 0 radical (unpaired) electrons. The highest BCUT2D eigenvalue weighted by Gasteiger charge is 2.22. The first-order valence-electron chi connectivity index (χ1n) is 6.61. The van der Waals surface area contributed by atoms with Gasteiger partial charge in [0.1, 0.15) is 4.90 Å². The first kappa shape index (κ1) is 16.6. The van der Waals surface area contributed by atoms with Crippen LogP contribution in [0.2, 0.25) is 0 Å². The number of rotatable bonds is 8. The van der Waals surface area contributed by atoms with Crippen LogP contribution in [0.15, 0.2) is 29.4 Å². The van der Waals surface area contributed by atoms with Crippen LogP contribution in [-0.2, 0) is 14.8 Å². The van der Waals surface area contributed by atoms with Gasteiger partial charge in [0.05, 0.1) is 6.54 Å². The molecule has 0 aliphatic carbocycles. The highest BCUT2D eigenvalue weighted by Crippen LogP contribution is 2.11. The largest absolute Gasteiger partial charge is 0.355 e. The molecule has 0 fully saturated rings. The standard InChI is InChI=1S/C13H21N3O3S/c1-3-4-5-9-15-13(17)11-16(2)20(18,19)12-7-6-8-14-10-12/h6-8,10H,3-5,9,11H2,1-2H3,(H,15,17). The topological polar surface area (TPSA) is 79.4 Å². The maximum atomic E-state index is 12.1. The number of carbonyl (C=O) groups excluding carboxylic acids is 1. The molecule has 0 bridgehead atoms. The van der Waals surface area contributed by atoms with Gasteiger partial charge in [-0.3, -0.25) is 9.78 Å². The van der Waals surface area contributed by atoms with Gasteiger partial charge < -0.3 is 5.32 Å². The van der Waals surface area contributed by atoms with Crippen LogP contribution in [0.25, 0.3) is 0 Å². The molecular weight excluding hydrogens is 278 g/mol. The summed E-state index contributed by atoms with van der Waals surface area (Å²) < 4.78 is 25.3. The first-order valence-corrected chi connectivity index (χ1v) is 8.05. The summed E-state index contributed by atoms with van der Waals surface area (Å²) in [4.78, 5) is 15.5. The van der Waals surface area contributed by atoms with E-state index in [9.17, 15) is 13.2 Å². The lowest BCUT2D eigenvalue weighted by atomic mass is 10.2. The maximum Gasteiger partial charge on any atom is 0.244 e. The number of hydrogen-bond acceptors (Lipinski definition) is 4. The molecule has 1 N–H and O–H groups in total. The SMILES string of the molecule is CCCCCNC(=O)CN(C)S(=O)(=O)c1cccnc1. The molecule has 1 aromatic rings. The minimum atomic E-state index is -3.66. The van der Waals surface area contributed by atoms with E-state index in [0.717, 1.165) is 23.6 Å². The molecule has 112 valence electrons. The number of nitrogens with zero attached hydrogens (tertiary/aromatic N) is 2. The van der Waals surface area contributed by atoms with Gasteiger partial charge in [0.15, 0.2) is 0 Å². The zero-order chi connectivity index (χ0) is 15.0. The number of hydrogen-bond donors (Lipinski definition) is 1. The van der Waals surface area contributed by atoms with Crippen molar-refractivity contribution in [2.45, 2.75) is 31.1 Å². The van der Waals surface area contributed by atoms with Crippen LogP contribution in [0.3, 0.4) is 0 Å². The van der Waals surface area contributed by atoms with Crippen LogP contribution in [0.5, 0.6) is 0 Å². The van der Waals surface area contributed by atoms with Crippen molar-refractivity contribution in [2.24, 2.45) is 0 Å². The smallest absolute Gasteiger partial charge is 0.244 e. The van der Waals surface area contributed by atoms with Gasteiger partial charge in [-0.1, -0.05) is 19.8 Å². The zero-order valence-electron chi connectivity index (χ0n) is 11.9. The van der Waals surface area contributed by atoms with E-state index in [-0.39, 0.29) is 17.3 Å². The Bertz CT molecular complexity index is 517. The molecule has 1 rings (SSSR count). The van der Waals surface area contributed by atoms with E-state index < -0.39 is 10.0 Å². The molecule has 0 saturated heterocycles. The third kappa shape index (κ3) is 4.90. The predicted molar refractivity (Wildman–Crippen MR) is 76.6 cm³/mol. The van der Waals surface area contributed by atoms with Crippen LogP contribution >= 0.6 is 0 Å². The molecule has 0 aliphatic rings. The van der Waals surface area contributed by atoms with Crippen LogP contribution < -0.4 is 5.32 Å². The first-order chi connectivity index (χ1) is 9.48. The molecule has 0 unspecified atom stereocenters. The molecule has 6 nitrogen and oxygen atoms in total. The van der Waals surface area contributed by atoms with Crippen molar-refractivity contribution in [1.82, 2.24) is 14.6 Å². The third-order valence-electron chi connectivity index (χ3n) is 2.81. The Balaban J connectivity index is 2.53. The minimum Gasteiger partial charge on any atom is -0.355 e. The van der Waals surface area contributed by atoms with Gasteiger partial charge in [0.25, 0.3) is 0 Å². The second kappa shape index (κ2) is 7.96. The molecule has 1 amide bonds. The molecule has 0 saturated carbocycles. The Morgan fingerprint density at radius 3 is 2.75 bits per heavy atom. The molecular formula is C13H21N3O3S. The fourth-order valence-electron chi connectivity index (χ4n) is 1.63. The normalized spacial score (nSPS) is 11.6. The summed E-state index contributed by atoms with van der Waals surface area (Å²) in [7, 11) is -2.28. The van der Waals surface area contributed by atoms with Crippen molar-refractivity contribution in [3.8, 4) is 0 Å². The average molecular weight is 299 g/mol. The van der Waals surface area contributed by atoms with Crippen molar-refractivity contribution in [2.75, 3.05) is 20.1 Å². The highest BCUT2D eigenvalue weighted by atomic mass is 32.2. The number of aromatic nitrogens is 1. The summed E-state index contributed by atoms with van der Waals surface area (Å²) in [6.45, 7) is 2.47. The van der Waals surface area contributed by atoms with Gasteiger partial charge in [0.2, 0.25) is 15.9 Å². The van der Waals surface area contributed by atoms with Crippen LogP contribution in [0.1, 0.15) is 26.2 Å². The summed E-state index contributed by atoms with van der Waals surface area (Å²) in [6, 6.07) is 3.00. The maximum absolute atomic E-state index is 12.1. The summed E-state index contributed by atoms with van der Waals surface area (Å²) >= 11 is 0. The van der Waals surface area contributed by atoms with Crippen molar-refractivity contribution in [3.05, 3.63) is 24.5 Å². The minimum absolute atomic E-state index is 0.0845. The van der Waals surface area contributed by atoms with Gasteiger partial charge in [0, 0.05) is 26.0 Å². The zero-order valence-corrected chi connectivity index (χ0v) is 12.7. The van der Waals surface area contributed by atoms with Gasteiger partial charge in [-0.2, -0.15) is 4.31 Å². The molecule has 7 heteroatoms. The number of sulfonamides is 1. The van der Waals surface area contributed by atoms with Crippen molar-refractivity contribution in [3.63, 3.8) is 0 Å². The molecule has 20 heavy (non-hydrogen) atoms. The lowest BCUT2D eigenvalue weighted by Gasteiger charge is -2.16. The summed E-state index contributed by atoms with van der Waals surface area (Å²) in [5.41, 5.74) is 0. The van der Waals surface area contributed by atoms with E-state index in [0.29, 0.717) is 6.54 Å². The lowest BCUT2D eigenvalue weighted by Crippen LogP contribution is -2.38. The van der Waals surface area contributed by atoms with Crippen molar-refractivity contribution < 1.29 is 13.2 Å². The van der Waals surface area contributed by atoms with E-state index in [4.69, 9.17) is 0 Å². The van der Waals surface area contributed by atoms with Gasteiger partial charge in [-0.15, -0.1) is 0 Å². The number of nitrogens with one attached hydrogen (secondary N) is 1. The van der Waals surface area contributed by atoms with Crippen LogP contribution in [0.4, 0.5) is 0 Å². The summed E-state index contributed by atoms with van der Waals surface area (Å²) in [6.07, 6.45) is 5.79.